The molecule has 2 amide bonds. The Morgan fingerprint density at radius 3 is 2.50 bits per heavy atom. The molecule has 4 N–H and O–H groups in total. The van der Waals surface area contributed by atoms with Crippen molar-refractivity contribution in [2.24, 2.45) is 17.6 Å². The first-order valence-corrected chi connectivity index (χ1v) is 6.39. The molecule has 0 bridgehead atoms. The number of rotatable bonds is 6. The van der Waals surface area contributed by atoms with Gasteiger partial charge in [0.1, 0.15) is 6.04 Å². The van der Waals surface area contributed by atoms with E-state index in [4.69, 9.17) is 5.73 Å². The van der Waals surface area contributed by atoms with Gasteiger partial charge >= 0.3 is 0 Å². The topological polar surface area (TPSA) is 84.2 Å². The Morgan fingerprint density at radius 1 is 1.44 bits per heavy atom. The highest BCUT2D eigenvalue weighted by Crippen LogP contribution is 2.17. The van der Waals surface area contributed by atoms with Crippen molar-refractivity contribution in [2.75, 3.05) is 0 Å². The summed E-state index contributed by atoms with van der Waals surface area (Å²) < 4.78 is 0. The van der Waals surface area contributed by atoms with Crippen molar-refractivity contribution in [3.63, 3.8) is 0 Å². The van der Waals surface area contributed by atoms with Gasteiger partial charge in [-0.2, -0.15) is 0 Å². The minimum Gasteiger partial charge on any atom is -0.375 e. The summed E-state index contributed by atoms with van der Waals surface area (Å²) in [4.78, 5) is 22.8. The Balaban J connectivity index is 2.76. The van der Waals surface area contributed by atoms with Gasteiger partial charge in [0.05, 0.1) is 6.04 Å². The van der Waals surface area contributed by atoms with E-state index in [1.54, 1.807) is 0 Å². The molecule has 0 aromatic carbocycles. The van der Waals surface area contributed by atoms with E-state index in [1.165, 1.54) is 6.08 Å². The average Bonchev–Trinajstić information content (AvgIpc) is 2.53. The second kappa shape index (κ2) is 5.89. The summed E-state index contributed by atoms with van der Waals surface area (Å²) in [6.07, 6.45) is 2.36. The summed E-state index contributed by atoms with van der Waals surface area (Å²) in [5.74, 6) is 0.0344. The zero-order valence-electron chi connectivity index (χ0n) is 11.5. The van der Waals surface area contributed by atoms with Gasteiger partial charge in [0.2, 0.25) is 11.8 Å². The quantitative estimate of drug-likeness (QED) is 0.645. The Morgan fingerprint density at radius 2 is 2.06 bits per heavy atom. The summed E-state index contributed by atoms with van der Waals surface area (Å²) >= 11 is 0. The van der Waals surface area contributed by atoms with Crippen LogP contribution in [0.3, 0.4) is 0 Å². The third-order valence-corrected chi connectivity index (χ3v) is 2.98. The number of nitrogens with two attached hydrogens (primary N) is 1. The largest absolute Gasteiger partial charge is 0.375 e. The SMILES string of the molecule is CC(C)C[C@@H]1NC(=O)C=C1N[C@H](C(N)=O)C(C)C. The van der Waals surface area contributed by atoms with Crippen molar-refractivity contribution in [2.45, 2.75) is 46.2 Å². The molecule has 18 heavy (non-hydrogen) atoms. The molecule has 0 spiro atoms. The van der Waals surface area contributed by atoms with Crippen LogP contribution in [-0.4, -0.2) is 23.9 Å². The lowest BCUT2D eigenvalue weighted by Crippen LogP contribution is -2.47. The van der Waals surface area contributed by atoms with Crippen LogP contribution in [0, 0.1) is 11.8 Å². The third-order valence-electron chi connectivity index (χ3n) is 2.98. The fourth-order valence-electron chi connectivity index (χ4n) is 2.08. The minimum atomic E-state index is -0.446. The molecule has 0 aliphatic carbocycles. The lowest BCUT2D eigenvalue weighted by molar-refractivity contribution is -0.120. The van der Waals surface area contributed by atoms with Gasteiger partial charge in [-0.25, -0.2) is 0 Å². The summed E-state index contributed by atoms with van der Waals surface area (Å²) in [7, 11) is 0. The van der Waals surface area contributed by atoms with Crippen molar-refractivity contribution in [1.29, 1.82) is 0 Å². The number of carbonyl (C=O) groups is 2. The van der Waals surface area contributed by atoms with Gasteiger partial charge in [0, 0.05) is 11.8 Å². The van der Waals surface area contributed by atoms with Crippen LogP contribution in [-0.2, 0) is 9.59 Å². The lowest BCUT2D eigenvalue weighted by atomic mass is 9.99. The summed E-state index contributed by atoms with van der Waals surface area (Å²) in [5, 5.41) is 5.98. The fraction of sp³-hybridized carbons (Fsp3) is 0.692. The molecule has 1 aliphatic heterocycles. The van der Waals surface area contributed by atoms with Crippen molar-refractivity contribution in [3.05, 3.63) is 11.8 Å². The van der Waals surface area contributed by atoms with E-state index in [0.717, 1.165) is 12.1 Å². The molecule has 0 radical (unpaired) electrons. The second-order valence-corrected chi connectivity index (χ2v) is 5.56. The average molecular weight is 253 g/mol. The van der Waals surface area contributed by atoms with E-state index >= 15 is 0 Å². The van der Waals surface area contributed by atoms with Gasteiger partial charge < -0.3 is 16.4 Å². The Kier molecular flexibility index (Phi) is 4.76. The van der Waals surface area contributed by atoms with E-state index in [1.807, 2.05) is 13.8 Å². The number of carbonyl (C=O) groups excluding carboxylic acids is 2. The highest BCUT2D eigenvalue weighted by Gasteiger charge is 2.28. The Hall–Kier alpha value is -1.52. The summed E-state index contributed by atoms with van der Waals surface area (Å²) in [6, 6.07) is -0.489. The van der Waals surface area contributed by atoms with E-state index in [2.05, 4.69) is 24.5 Å². The van der Waals surface area contributed by atoms with Crippen molar-refractivity contribution in [1.82, 2.24) is 10.6 Å². The second-order valence-electron chi connectivity index (χ2n) is 5.56. The van der Waals surface area contributed by atoms with Crippen LogP contribution in [0.4, 0.5) is 0 Å². The van der Waals surface area contributed by atoms with Crippen molar-refractivity contribution >= 4 is 11.8 Å². The molecule has 0 aromatic rings. The van der Waals surface area contributed by atoms with Crippen LogP contribution in [0.25, 0.3) is 0 Å². The Bertz CT molecular complexity index is 361. The monoisotopic (exact) mass is 253 g/mol. The maximum Gasteiger partial charge on any atom is 0.246 e. The zero-order chi connectivity index (χ0) is 13.9. The molecule has 1 aliphatic rings. The maximum atomic E-state index is 11.4. The molecular formula is C13H23N3O2. The zero-order valence-corrected chi connectivity index (χ0v) is 11.5. The molecule has 0 aromatic heterocycles. The first-order valence-electron chi connectivity index (χ1n) is 6.39. The first-order chi connectivity index (χ1) is 8.31. The standard InChI is InChI=1S/C13H23N3O2/c1-7(2)5-9-10(6-11(17)15-9)16-12(8(3)4)13(14)18/h6-9,12,16H,5H2,1-4H3,(H2,14,18)(H,15,17)/t9-,12-/m0/s1. The number of amides is 2. The van der Waals surface area contributed by atoms with E-state index in [0.29, 0.717) is 5.92 Å². The molecule has 0 unspecified atom stereocenters. The normalized spacial score (nSPS) is 20.9. The molecule has 102 valence electrons. The first kappa shape index (κ1) is 14.5. The van der Waals surface area contributed by atoms with Crippen LogP contribution in [0.5, 0.6) is 0 Å². The molecule has 0 saturated heterocycles. The van der Waals surface area contributed by atoms with Crippen molar-refractivity contribution < 1.29 is 9.59 Å². The minimum absolute atomic E-state index is 0.0434. The molecular weight excluding hydrogens is 230 g/mol. The van der Waals surface area contributed by atoms with E-state index in [-0.39, 0.29) is 17.9 Å². The van der Waals surface area contributed by atoms with Gasteiger partial charge in [-0.3, -0.25) is 9.59 Å². The molecule has 1 heterocycles. The maximum absolute atomic E-state index is 11.4. The van der Waals surface area contributed by atoms with E-state index < -0.39 is 11.9 Å². The highest BCUT2D eigenvalue weighted by molar-refractivity contribution is 5.92. The predicted octanol–water partition coefficient (Wildman–Crippen LogP) is 0.514. The van der Waals surface area contributed by atoms with Gasteiger partial charge in [-0.05, 0) is 18.3 Å². The molecule has 2 atom stereocenters. The summed E-state index contributed by atoms with van der Waals surface area (Å²) in [6.45, 7) is 8.03. The Labute approximate surface area is 108 Å². The predicted molar refractivity (Wildman–Crippen MR) is 70.4 cm³/mol. The van der Waals surface area contributed by atoms with Gasteiger partial charge in [0.15, 0.2) is 0 Å². The van der Waals surface area contributed by atoms with Crippen molar-refractivity contribution in [3.8, 4) is 0 Å². The fourth-order valence-corrected chi connectivity index (χ4v) is 2.08. The summed E-state index contributed by atoms with van der Waals surface area (Å²) in [5.41, 5.74) is 6.13. The van der Waals surface area contributed by atoms with Crippen LogP contribution < -0.4 is 16.4 Å². The highest BCUT2D eigenvalue weighted by atomic mass is 16.2. The number of hydrogen-bond donors (Lipinski definition) is 3. The van der Waals surface area contributed by atoms with Gasteiger partial charge in [0.25, 0.3) is 0 Å². The van der Waals surface area contributed by atoms with Crippen LogP contribution >= 0.6 is 0 Å². The molecule has 5 nitrogen and oxygen atoms in total. The lowest BCUT2D eigenvalue weighted by Gasteiger charge is -2.25. The van der Waals surface area contributed by atoms with E-state index in [9.17, 15) is 9.59 Å². The molecule has 5 heteroatoms. The molecule has 1 rings (SSSR count). The molecule has 0 fully saturated rings. The van der Waals surface area contributed by atoms with Gasteiger partial charge in [-0.1, -0.05) is 27.7 Å². The number of hydrogen-bond acceptors (Lipinski definition) is 3. The molecule has 0 saturated carbocycles. The number of nitrogens with one attached hydrogen (secondary N) is 2. The van der Waals surface area contributed by atoms with Crippen LogP contribution in [0.15, 0.2) is 11.8 Å². The van der Waals surface area contributed by atoms with Crippen LogP contribution in [0.2, 0.25) is 0 Å². The number of primary amides is 1. The third kappa shape index (κ3) is 3.75. The van der Waals surface area contributed by atoms with Crippen LogP contribution in [0.1, 0.15) is 34.1 Å². The van der Waals surface area contributed by atoms with Gasteiger partial charge in [-0.15, -0.1) is 0 Å². The smallest absolute Gasteiger partial charge is 0.246 e.